The second-order valence-electron chi connectivity index (χ2n) is 8.39. The van der Waals surface area contributed by atoms with Crippen LogP contribution >= 0.6 is 0 Å². The summed E-state index contributed by atoms with van der Waals surface area (Å²) in [5.41, 5.74) is 3.46. The third-order valence-electron chi connectivity index (χ3n) is 6.34. The quantitative estimate of drug-likeness (QED) is 0.580. The first-order valence-electron chi connectivity index (χ1n) is 11.3. The second kappa shape index (κ2) is 10.9. The van der Waals surface area contributed by atoms with Gasteiger partial charge in [0.15, 0.2) is 0 Å². The van der Waals surface area contributed by atoms with Crippen molar-refractivity contribution in [3.8, 4) is 0 Å². The van der Waals surface area contributed by atoms with Gasteiger partial charge in [-0.3, -0.25) is 9.78 Å². The van der Waals surface area contributed by atoms with Crippen molar-refractivity contribution >= 4 is 5.91 Å². The van der Waals surface area contributed by atoms with Gasteiger partial charge in [-0.1, -0.05) is 60.7 Å². The predicted octanol–water partition coefficient (Wildman–Crippen LogP) is 4.75. The van der Waals surface area contributed by atoms with Crippen LogP contribution in [-0.2, 0) is 0 Å². The van der Waals surface area contributed by atoms with Crippen molar-refractivity contribution in [3.05, 3.63) is 102 Å². The van der Waals surface area contributed by atoms with Crippen LogP contribution in [0.1, 0.15) is 46.7 Å². The van der Waals surface area contributed by atoms with Gasteiger partial charge >= 0.3 is 0 Å². The molecule has 2 aromatic carbocycles. The van der Waals surface area contributed by atoms with Crippen molar-refractivity contribution in [1.82, 2.24) is 15.2 Å². The highest BCUT2D eigenvalue weighted by Crippen LogP contribution is 2.29. The molecule has 1 N–H and O–H groups in total. The molecule has 1 saturated heterocycles. The second-order valence-corrected chi connectivity index (χ2v) is 8.39. The minimum atomic E-state index is -0.00149. The predicted molar refractivity (Wildman–Crippen MR) is 125 cm³/mol. The molecule has 0 unspecified atom stereocenters. The van der Waals surface area contributed by atoms with Crippen LogP contribution in [0.5, 0.6) is 0 Å². The van der Waals surface area contributed by atoms with Crippen molar-refractivity contribution in [1.29, 1.82) is 0 Å². The minimum absolute atomic E-state index is 0.00149. The average Bonchev–Trinajstić information content (AvgIpc) is 2.85. The molecular formula is C27H31N3O. The Labute approximate surface area is 185 Å². The molecule has 0 aliphatic carbocycles. The third kappa shape index (κ3) is 6.02. The fraction of sp³-hybridized carbons (Fsp3) is 0.333. The average molecular weight is 414 g/mol. The van der Waals surface area contributed by atoms with E-state index in [2.05, 4.69) is 75.9 Å². The van der Waals surface area contributed by atoms with E-state index in [0.717, 1.165) is 45.4 Å². The van der Waals surface area contributed by atoms with Crippen molar-refractivity contribution in [2.45, 2.75) is 25.2 Å². The summed E-state index contributed by atoms with van der Waals surface area (Å²) in [6.07, 6.45) is 6.71. The molecule has 1 aromatic heterocycles. The van der Waals surface area contributed by atoms with Gasteiger partial charge in [0.25, 0.3) is 5.91 Å². The molecule has 160 valence electrons. The number of amides is 1. The highest BCUT2D eigenvalue weighted by Gasteiger charge is 2.21. The van der Waals surface area contributed by atoms with Gasteiger partial charge in [0.2, 0.25) is 0 Å². The van der Waals surface area contributed by atoms with Crippen LogP contribution < -0.4 is 5.32 Å². The lowest BCUT2D eigenvalue weighted by atomic mass is 9.88. The molecule has 1 amide bonds. The Morgan fingerprint density at radius 1 is 0.903 bits per heavy atom. The molecule has 4 nitrogen and oxygen atoms in total. The summed E-state index contributed by atoms with van der Waals surface area (Å²) in [4.78, 5) is 18.8. The maximum absolute atomic E-state index is 12.2. The Morgan fingerprint density at radius 3 is 2.06 bits per heavy atom. The third-order valence-corrected chi connectivity index (χ3v) is 6.34. The van der Waals surface area contributed by atoms with Gasteiger partial charge in [0.1, 0.15) is 0 Å². The Balaban J connectivity index is 1.26. The first kappa shape index (κ1) is 21.3. The number of carbonyl (C=O) groups excluding carboxylic acids is 1. The standard InChI is InChI=1S/C27H31N3O/c31-27(25-11-16-28-17-12-25)29-21-22-13-18-30(19-14-22)20-15-26(23-7-3-1-4-8-23)24-9-5-2-6-10-24/h1-12,16-17,22,26H,13-15,18-21H2,(H,29,31). The molecule has 31 heavy (non-hydrogen) atoms. The number of hydrogen-bond donors (Lipinski definition) is 1. The van der Waals surface area contributed by atoms with E-state index >= 15 is 0 Å². The summed E-state index contributed by atoms with van der Waals surface area (Å²) in [5, 5.41) is 3.09. The van der Waals surface area contributed by atoms with Crippen LogP contribution in [-0.4, -0.2) is 42.0 Å². The van der Waals surface area contributed by atoms with Crippen LogP contribution in [0.2, 0.25) is 0 Å². The van der Waals surface area contributed by atoms with Gasteiger partial charge in [0.05, 0.1) is 0 Å². The van der Waals surface area contributed by atoms with Gasteiger partial charge in [-0.15, -0.1) is 0 Å². The highest BCUT2D eigenvalue weighted by molar-refractivity contribution is 5.93. The summed E-state index contributed by atoms with van der Waals surface area (Å²) in [5.74, 6) is 0.985. The lowest BCUT2D eigenvalue weighted by molar-refractivity contribution is 0.0935. The van der Waals surface area contributed by atoms with Gasteiger partial charge in [0, 0.05) is 30.4 Å². The fourth-order valence-corrected chi connectivity index (χ4v) is 4.46. The zero-order valence-corrected chi connectivity index (χ0v) is 18.0. The van der Waals surface area contributed by atoms with Crippen molar-refractivity contribution in [2.75, 3.05) is 26.2 Å². The van der Waals surface area contributed by atoms with Crippen LogP contribution in [0.25, 0.3) is 0 Å². The van der Waals surface area contributed by atoms with E-state index in [9.17, 15) is 4.79 Å². The minimum Gasteiger partial charge on any atom is -0.352 e. The number of carbonyl (C=O) groups is 1. The number of likely N-dealkylation sites (tertiary alicyclic amines) is 1. The molecule has 0 atom stereocenters. The molecule has 2 heterocycles. The van der Waals surface area contributed by atoms with Crippen molar-refractivity contribution in [3.63, 3.8) is 0 Å². The number of nitrogens with zero attached hydrogens (tertiary/aromatic N) is 2. The maximum Gasteiger partial charge on any atom is 0.251 e. The van der Waals surface area contributed by atoms with Crippen molar-refractivity contribution < 1.29 is 4.79 Å². The zero-order chi connectivity index (χ0) is 21.3. The summed E-state index contributed by atoms with van der Waals surface area (Å²) >= 11 is 0. The summed E-state index contributed by atoms with van der Waals surface area (Å²) in [7, 11) is 0. The van der Waals surface area contributed by atoms with E-state index in [1.807, 2.05) is 0 Å². The topological polar surface area (TPSA) is 45.2 Å². The molecule has 1 fully saturated rings. The molecule has 4 rings (SSSR count). The summed E-state index contributed by atoms with van der Waals surface area (Å²) < 4.78 is 0. The monoisotopic (exact) mass is 413 g/mol. The van der Waals surface area contributed by atoms with Crippen molar-refractivity contribution in [2.24, 2.45) is 5.92 Å². The zero-order valence-electron chi connectivity index (χ0n) is 18.0. The van der Waals surface area contributed by atoms with E-state index in [1.165, 1.54) is 11.1 Å². The van der Waals surface area contributed by atoms with Crippen LogP contribution in [0, 0.1) is 5.92 Å². The van der Waals surface area contributed by atoms with Gasteiger partial charge in [-0.25, -0.2) is 0 Å². The summed E-state index contributed by atoms with van der Waals surface area (Å²) in [6.45, 7) is 4.06. The Hall–Kier alpha value is -2.98. The van der Waals surface area contributed by atoms with E-state index in [1.54, 1.807) is 24.5 Å². The number of benzene rings is 2. The molecular weight excluding hydrogens is 382 g/mol. The Kier molecular flexibility index (Phi) is 7.46. The maximum atomic E-state index is 12.2. The van der Waals surface area contributed by atoms with Gasteiger partial charge in [-0.05, 0) is 68.1 Å². The normalized spacial score (nSPS) is 15.1. The van der Waals surface area contributed by atoms with E-state index < -0.39 is 0 Å². The Bertz CT molecular complexity index is 883. The van der Waals surface area contributed by atoms with Gasteiger partial charge in [-0.2, -0.15) is 0 Å². The molecule has 0 spiro atoms. The van der Waals surface area contributed by atoms with Crippen LogP contribution in [0.15, 0.2) is 85.2 Å². The smallest absolute Gasteiger partial charge is 0.251 e. The first-order valence-corrected chi connectivity index (χ1v) is 11.3. The number of rotatable bonds is 8. The molecule has 1 aliphatic rings. The molecule has 0 saturated carbocycles. The molecule has 1 aliphatic heterocycles. The van der Waals surface area contributed by atoms with Gasteiger partial charge < -0.3 is 10.2 Å². The lowest BCUT2D eigenvalue weighted by Crippen LogP contribution is -2.39. The number of pyridine rings is 1. The molecule has 0 bridgehead atoms. The lowest BCUT2D eigenvalue weighted by Gasteiger charge is -2.33. The number of piperidine rings is 1. The highest BCUT2D eigenvalue weighted by atomic mass is 16.1. The fourth-order valence-electron chi connectivity index (χ4n) is 4.46. The van der Waals surface area contributed by atoms with Crippen LogP contribution in [0.3, 0.4) is 0 Å². The van der Waals surface area contributed by atoms with E-state index in [-0.39, 0.29) is 5.91 Å². The number of nitrogens with one attached hydrogen (secondary N) is 1. The number of aromatic nitrogens is 1. The largest absolute Gasteiger partial charge is 0.352 e. The van der Waals surface area contributed by atoms with E-state index in [0.29, 0.717) is 17.4 Å². The molecule has 4 heteroatoms. The summed E-state index contributed by atoms with van der Waals surface area (Å²) in [6, 6.07) is 25.2. The number of hydrogen-bond acceptors (Lipinski definition) is 3. The SMILES string of the molecule is O=C(NCC1CCN(CCC(c2ccccc2)c2ccccc2)CC1)c1ccncc1. The molecule has 0 radical (unpaired) electrons. The Morgan fingerprint density at radius 2 is 1.48 bits per heavy atom. The van der Waals surface area contributed by atoms with Crippen LogP contribution in [0.4, 0.5) is 0 Å². The molecule has 3 aromatic rings. The van der Waals surface area contributed by atoms with E-state index in [4.69, 9.17) is 0 Å². The first-order chi connectivity index (χ1) is 15.3.